The maximum Gasteiger partial charge on any atom is 0.255 e. The fraction of sp³-hybridized carbons (Fsp3) is 0.333. The molecule has 0 aliphatic carbocycles. The van der Waals surface area contributed by atoms with Crippen molar-refractivity contribution in [2.24, 2.45) is 0 Å². The summed E-state index contributed by atoms with van der Waals surface area (Å²) in [5, 5.41) is 5.82. The van der Waals surface area contributed by atoms with Crippen molar-refractivity contribution in [3.05, 3.63) is 64.7 Å². The van der Waals surface area contributed by atoms with E-state index in [0.717, 1.165) is 36.1 Å². The molecule has 2 amide bonds. The number of unbranched alkanes of at least 4 members (excludes halogenated alkanes) is 2. The third-order valence-corrected chi connectivity index (χ3v) is 4.33. The summed E-state index contributed by atoms with van der Waals surface area (Å²) in [4.78, 5) is 24.4. The molecule has 0 aliphatic rings. The van der Waals surface area contributed by atoms with Crippen molar-refractivity contribution in [2.45, 2.75) is 40.0 Å². The number of benzene rings is 2. The van der Waals surface area contributed by atoms with Crippen LogP contribution in [0.1, 0.15) is 58.0 Å². The van der Waals surface area contributed by atoms with Crippen molar-refractivity contribution in [1.82, 2.24) is 5.32 Å². The molecule has 0 aromatic heterocycles. The van der Waals surface area contributed by atoms with E-state index in [4.69, 9.17) is 0 Å². The highest BCUT2D eigenvalue weighted by atomic mass is 16.2. The van der Waals surface area contributed by atoms with Crippen LogP contribution in [0.15, 0.2) is 42.5 Å². The number of amides is 2. The number of rotatable bonds is 7. The number of hydrogen-bond acceptors (Lipinski definition) is 2. The highest BCUT2D eigenvalue weighted by molar-refractivity contribution is 6.05. The number of carbonyl (C=O) groups is 2. The lowest BCUT2D eigenvalue weighted by Crippen LogP contribution is -2.24. The van der Waals surface area contributed by atoms with E-state index < -0.39 is 0 Å². The van der Waals surface area contributed by atoms with E-state index in [-0.39, 0.29) is 11.8 Å². The summed E-state index contributed by atoms with van der Waals surface area (Å²) in [5.41, 5.74) is 4.10. The van der Waals surface area contributed by atoms with Gasteiger partial charge in [-0.3, -0.25) is 9.59 Å². The molecule has 4 heteroatoms. The normalized spacial score (nSPS) is 10.4. The van der Waals surface area contributed by atoms with Gasteiger partial charge in [-0.2, -0.15) is 0 Å². The molecule has 0 unspecified atom stereocenters. The molecule has 4 nitrogen and oxygen atoms in total. The summed E-state index contributed by atoms with van der Waals surface area (Å²) in [6.45, 7) is 6.81. The van der Waals surface area contributed by atoms with Crippen molar-refractivity contribution in [3.8, 4) is 0 Å². The molecule has 2 aromatic rings. The van der Waals surface area contributed by atoms with Crippen LogP contribution in [0.4, 0.5) is 5.69 Å². The van der Waals surface area contributed by atoms with E-state index in [1.54, 1.807) is 24.3 Å². The maximum atomic E-state index is 12.4. The average molecular weight is 338 g/mol. The Labute approximate surface area is 149 Å². The van der Waals surface area contributed by atoms with Gasteiger partial charge in [-0.05, 0) is 61.7 Å². The first-order valence-corrected chi connectivity index (χ1v) is 8.78. The second-order valence-electron chi connectivity index (χ2n) is 6.24. The Bertz CT molecular complexity index is 736. The fourth-order valence-corrected chi connectivity index (χ4v) is 2.53. The highest BCUT2D eigenvalue weighted by Gasteiger charge is 2.10. The molecule has 0 aliphatic heterocycles. The van der Waals surface area contributed by atoms with Crippen LogP contribution in [-0.4, -0.2) is 18.4 Å². The van der Waals surface area contributed by atoms with Crippen LogP contribution < -0.4 is 10.6 Å². The maximum absolute atomic E-state index is 12.4. The first-order chi connectivity index (χ1) is 12.0. The number of hydrogen-bond donors (Lipinski definition) is 2. The van der Waals surface area contributed by atoms with Gasteiger partial charge in [-0.15, -0.1) is 0 Å². The first kappa shape index (κ1) is 18.7. The van der Waals surface area contributed by atoms with Gasteiger partial charge in [0.25, 0.3) is 11.8 Å². The monoisotopic (exact) mass is 338 g/mol. The lowest BCUT2D eigenvalue weighted by molar-refractivity contribution is 0.0951. The van der Waals surface area contributed by atoms with E-state index in [2.05, 4.69) is 17.6 Å². The van der Waals surface area contributed by atoms with Crippen LogP contribution >= 0.6 is 0 Å². The molecule has 0 bridgehead atoms. The van der Waals surface area contributed by atoms with E-state index in [9.17, 15) is 9.59 Å². The van der Waals surface area contributed by atoms with Crippen molar-refractivity contribution < 1.29 is 9.59 Å². The van der Waals surface area contributed by atoms with Crippen molar-refractivity contribution in [3.63, 3.8) is 0 Å². The summed E-state index contributed by atoms with van der Waals surface area (Å²) in [6, 6.07) is 12.6. The Hall–Kier alpha value is -2.62. The number of nitrogens with one attached hydrogen (secondary N) is 2. The van der Waals surface area contributed by atoms with Crippen LogP contribution in [0.5, 0.6) is 0 Å². The lowest BCUT2D eigenvalue weighted by atomic mass is 10.1. The minimum atomic E-state index is -0.177. The molecular weight excluding hydrogens is 312 g/mol. The van der Waals surface area contributed by atoms with Gasteiger partial charge in [0.15, 0.2) is 0 Å². The van der Waals surface area contributed by atoms with Gasteiger partial charge in [-0.25, -0.2) is 0 Å². The molecule has 0 heterocycles. The molecule has 0 fully saturated rings. The molecule has 0 spiro atoms. The van der Waals surface area contributed by atoms with Gasteiger partial charge in [0.2, 0.25) is 0 Å². The minimum Gasteiger partial charge on any atom is -0.352 e. The van der Waals surface area contributed by atoms with Crippen LogP contribution in [-0.2, 0) is 0 Å². The van der Waals surface area contributed by atoms with E-state index in [1.807, 2.05) is 32.0 Å². The second kappa shape index (κ2) is 9.02. The first-order valence-electron chi connectivity index (χ1n) is 8.78. The molecule has 0 atom stereocenters. The summed E-state index contributed by atoms with van der Waals surface area (Å²) < 4.78 is 0. The van der Waals surface area contributed by atoms with Crippen molar-refractivity contribution in [1.29, 1.82) is 0 Å². The molecule has 2 rings (SSSR count). The predicted octanol–water partition coefficient (Wildman–Crippen LogP) is 4.48. The third kappa shape index (κ3) is 5.18. The van der Waals surface area contributed by atoms with Gasteiger partial charge in [0.05, 0.1) is 0 Å². The van der Waals surface area contributed by atoms with Gasteiger partial charge < -0.3 is 10.6 Å². The standard InChI is InChI=1S/C21H26N2O2/c1-4-5-6-14-22-20(24)17-10-12-18(13-11-17)21(25)23-19-9-7-8-15(2)16(19)3/h7-13H,4-6,14H2,1-3H3,(H,22,24)(H,23,25). The SMILES string of the molecule is CCCCCNC(=O)c1ccc(C(=O)Nc2cccc(C)c2C)cc1. The minimum absolute atomic E-state index is 0.0995. The van der Waals surface area contributed by atoms with E-state index in [0.29, 0.717) is 17.7 Å². The largest absolute Gasteiger partial charge is 0.352 e. The van der Waals surface area contributed by atoms with Crippen molar-refractivity contribution in [2.75, 3.05) is 11.9 Å². The van der Waals surface area contributed by atoms with Crippen LogP contribution in [0.2, 0.25) is 0 Å². The molecule has 2 N–H and O–H groups in total. The number of carbonyl (C=O) groups excluding carboxylic acids is 2. The summed E-state index contributed by atoms with van der Waals surface area (Å²) >= 11 is 0. The summed E-state index contributed by atoms with van der Waals surface area (Å²) in [6.07, 6.45) is 3.22. The summed E-state index contributed by atoms with van der Waals surface area (Å²) in [5.74, 6) is -0.277. The molecule has 132 valence electrons. The average Bonchev–Trinajstić information content (AvgIpc) is 2.62. The Morgan fingerprint density at radius 2 is 1.52 bits per heavy atom. The summed E-state index contributed by atoms with van der Waals surface area (Å²) in [7, 11) is 0. The quantitative estimate of drug-likeness (QED) is 0.732. The zero-order chi connectivity index (χ0) is 18.2. The van der Waals surface area contributed by atoms with Gasteiger partial charge in [0.1, 0.15) is 0 Å². The predicted molar refractivity (Wildman–Crippen MR) is 102 cm³/mol. The van der Waals surface area contributed by atoms with Crippen molar-refractivity contribution >= 4 is 17.5 Å². The van der Waals surface area contributed by atoms with Gasteiger partial charge >= 0.3 is 0 Å². The highest BCUT2D eigenvalue weighted by Crippen LogP contribution is 2.19. The smallest absolute Gasteiger partial charge is 0.255 e. The second-order valence-corrected chi connectivity index (χ2v) is 6.24. The fourth-order valence-electron chi connectivity index (χ4n) is 2.53. The topological polar surface area (TPSA) is 58.2 Å². The Balaban J connectivity index is 1.98. The molecular formula is C21H26N2O2. The van der Waals surface area contributed by atoms with Crippen LogP contribution in [0.3, 0.4) is 0 Å². The molecule has 0 radical (unpaired) electrons. The third-order valence-electron chi connectivity index (χ3n) is 4.33. The molecule has 0 saturated heterocycles. The molecule has 0 saturated carbocycles. The van der Waals surface area contributed by atoms with Crippen LogP contribution in [0.25, 0.3) is 0 Å². The Morgan fingerprint density at radius 1 is 0.880 bits per heavy atom. The molecule has 2 aromatic carbocycles. The number of aryl methyl sites for hydroxylation is 1. The zero-order valence-electron chi connectivity index (χ0n) is 15.2. The van der Waals surface area contributed by atoms with Gasteiger partial charge in [0, 0.05) is 23.4 Å². The number of anilines is 1. The Kier molecular flexibility index (Phi) is 6.75. The van der Waals surface area contributed by atoms with E-state index in [1.165, 1.54) is 0 Å². The van der Waals surface area contributed by atoms with Gasteiger partial charge in [-0.1, -0.05) is 31.9 Å². The molecule has 25 heavy (non-hydrogen) atoms. The van der Waals surface area contributed by atoms with E-state index >= 15 is 0 Å². The Morgan fingerprint density at radius 3 is 2.16 bits per heavy atom. The zero-order valence-corrected chi connectivity index (χ0v) is 15.2. The lowest BCUT2D eigenvalue weighted by Gasteiger charge is -2.11. The van der Waals surface area contributed by atoms with Crippen LogP contribution in [0, 0.1) is 13.8 Å².